The molecule has 2 amide bonds. The van der Waals surface area contributed by atoms with Gasteiger partial charge in [0.25, 0.3) is 5.91 Å². The highest BCUT2D eigenvalue weighted by atomic mass is 19.4. The summed E-state index contributed by atoms with van der Waals surface area (Å²) < 4.78 is 41.3. The first-order valence-electron chi connectivity index (χ1n) is 7.69. The second kappa shape index (κ2) is 8.35. The number of rotatable bonds is 5. The summed E-state index contributed by atoms with van der Waals surface area (Å²) in [4.78, 5) is 34.0. The zero-order valence-electron chi connectivity index (χ0n) is 14.1. The van der Waals surface area contributed by atoms with Gasteiger partial charge < -0.3 is 15.4 Å². The molecule has 2 aromatic rings. The largest absolute Gasteiger partial charge is 0.471 e. The van der Waals surface area contributed by atoms with Crippen LogP contribution in [0.5, 0.6) is 5.75 Å². The lowest BCUT2D eigenvalue weighted by Crippen LogP contribution is -2.36. The van der Waals surface area contributed by atoms with Crippen LogP contribution in [0, 0.1) is 0 Å². The summed E-state index contributed by atoms with van der Waals surface area (Å²) in [5.41, 5.74) is 1.10. The van der Waals surface area contributed by atoms with Gasteiger partial charge in [-0.1, -0.05) is 18.2 Å². The van der Waals surface area contributed by atoms with E-state index in [1.807, 2.05) is 0 Å². The average molecular weight is 380 g/mol. The molecule has 2 aromatic carbocycles. The Morgan fingerprint density at radius 2 is 1.70 bits per heavy atom. The summed E-state index contributed by atoms with van der Waals surface area (Å²) in [7, 11) is 0. The van der Waals surface area contributed by atoms with Crippen LogP contribution in [0.1, 0.15) is 22.8 Å². The van der Waals surface area contributed by atoms with Crippen LogP contribution in [0.4, 0.5) is 18.9 Å². The van der Waals surface area contributed by atoms with Gasteiger partial charge in [0.15, 0.2) is 0 Å². The Labute approximate surface area is 152 Å². The van der Waals surface area contributed by atoms with Gasteiger partial charge in [-0.25, -0.2) is 0 Å². The molecule has 0 saturated carbocycles. The van der Waals surface area contributed by atoms with E-state index in [0.29, 0.717) is 11.3 Å². The number of carbonyl (C=O) groups excluding carboxylic acids is 3. The van der Waals surface area contributed by atoms with E-state index in [2.05, 4.69) is 5.32 Å². The lowest BCUT2D eigenvalue weighted by molar-refractivity contribution is -0.173. The number of amides is 2. The van der Waals surface area contributed by atoms with E-state index in [4.69, 9.17) is 4.74 Å². The van der Waals surface area contributed by atoms with E-state index in [9.17, 15) is 27.6 Å². The quantitative estimate of drug-likeness (QED) is 0.617. The van der Waals surface area contributed by atoms with E-state index >= 15 is 0 Å². The molecule has 0 bridgehead atoms. The van der Waals surface area contributed by atoms with E-state index in [1.54, 1.807) is 11.4 Å². The number of ether oxygens (including phenoxy) is 1. The van der Waals surface area contributed by atoms with Crippen LogP contribution in [0.25, 0.3) is 0 Å². The molecule has 0 radical (unpaired) electrons. The molecule has 0 atom stereocenters. The Bertz CT molecular complexity index is 848. The fourth-order valence-electron chi connectivity index (χ4n) is 2.06. The minimum atomic E-state index is -4.94. The molecule has 0 heterocycles. The smallest absolute Gasteiger partial charge is 0.427 e. The predicted octanol–water partition coefficient (Wildman–Crippen LogP) is 3.04. The SMILES string of the molecule is CC(=O)Oc1cccc(C(=O)Nc2ccc(CNC(=O)C(F)(F)F)cc2)c1. The van der Waals surface area contributed by atoms with E-state index in [-0.39, 0.29) is 17.9 Å². The van der Waals surface area contributed by atoms with Crippen LogP contribution in [0.15, 0.2) is 48.5 Å². The van der Waals surface area contributed by atoms with Crippen molar-refractivity contribution in [3.8, 4) is 5.75 Å². The molecule has 142 valence electrons. The Balaban J connectivity index is 1.97. The van der Waals surface area contributed by atoms with Crippen LogP contribution >= 0.6 is 0 Å². The van der Waals surface area contributed by atoms with Crippen molar-refractivity contribution in [1.29, 1.82) is 0 Å². The summed E-state index contributed by atoms with van der Waals surface area (Å²) in [6.45, 7) is 0.947. The zero-order chi connectivity index (χ0) is 20.0. The maximum atomic E-state index is 12.2. The minimum Gasteiger partial charge on any atom is -0.427 e. The molecule has 0 aliphatic rings. The van der Waals surface area contributed by atoms with Crippen molar-refractivity contribution in [2.75, 3.05) is 5.32 Å². The molecule has 2 rings (SSSR count). The standard InChI is InChI=1S/C18H15F3N2O4/c1-11(24)27-15-4-2-3-13(9-15)16(25)23-14-7-5-12(6-8-14)10-22-17(26)18(19,20)21/h2-9H,10H2,1H3,(H,22,26)(H,23,25). The van der Waals surface area contributed by atoms with Crippen molar-refractivity contribution in [3.63, 3.8) is 0 Å². The van der Waals surface area contributed by atoms with E-state index < -0.39 is 24.0 Å². The molecule has 0 aliphatic heterocycles. The summed E-state index contributed by atoms with van der Waals surface area (Å²) >= 11 is 0. The third kappa shape index (κ3) is 6.14. The Morgan fingerprint density at radius 3 is 2.30 bits per heavy atom. The molecular weight excluding hydrogens is 365 g/mol. The normalized spacial score (nSPS) is 10.8. The number of esters is 1. The number of alkyl halides is 3. The fraction of sp³-hybridized carbons (Fsp3) is 0.167. The van der Waals surface area contributed by atoms with Crippen molar-refractivity contribution in [2.45, 2.75) is 19.6 Å². The third-order valence-electron chi connectivity index (χ3n) is 3.28. The van der Waals surface area contributed by atoms with Crippen LogP contribution < -0.4 is 15.4 Å². The third-order valence-corrected chi connectivity index (χ3v) is 3.28. The van der Waals surface area contributed by atoms with Gasteiger partial charge in [-0.15, -0.1) is 0 Å². The second-order valence-corrected chi connectivity index (χ2v) is 5.45. The number of benzene rings is 2. The molecule has 0 aromatic heterocycles. The van der Waals surface area contributed by atoms with Crippen molar-refractivity contribution in [2.24, 2.45) is 0 Å². The number of halogens is 3. The topological polar surface area (TPSA) is 84.5 Å². The Kier molecular flexibility index (Phi) is 6.17. The molecule has 0 saturated heterocycles. The van der Waals surface area contributed by atoms with Crippen molar-refractivity contribution >= 4 is 23.5 Å². The lowest BCUT2D eigenvalue weighted by atomic mass is 10.1. The molecule has 9 heteroatoms. The molecule has 27 heavy (non-hydrogen) atoms. The summed E-state index contributed by atoms with van der Waals surface area (Å²) in [6.07, 6.45) is -4.94. The van der Waals surface area contributed by atoms with Crippen LogP contribution in [0.3, 0.4) is 0 Å². The molecule has 2 N–H and O–H groups in total. The predicted molar refractivity (Wildman–Crippen MR) is 90.0 cm³/mol. The molecule has 0 aliphatic carbocycles. The monoisotopic (exact) mass is 380 g/mol. The summed E-state index contributed by atoms with van der Waals surface area (Å²) in [6, 6.07) is 11.9. The highest BCUT2D eigenvalue weighted by Crippen LogP contribution is 2.17. The van der Waals surface area contributed by atoms with Gasteiger partial charge in [-0.3, -0.25) is 14.4 Å². The van der Waals surface area contributed by atoms with Crippen LogP contribution in [0.2, 0.25) is 0 Å². The zero-order valence-corrected chi connectivity index (χ0v) is 14.1. The number of hydrogen-bond donors (Lipinski definition) is 2. The molecule has 0 spiro atoms. The van der Waals surface area contributed by atoms with Crippen LogP contribution in [-0.2, 0) is 16.1 Å². The van der Waals surface area contributed by atoms with Gasteiger partial charge in [-0.05, 0) is 35.9 Å². The summed E-state index contributed by atoms with van der Waals surface area (Å²) in [5.74, 6) is -2.76. The molecular formula is C18H15F3N2O4. The molecule has 0 fully saturated rings. The number of anilines is 1. The van der Waals surface area contributed by atoms with Crippen molar-refractivity contribution in [3.05, 3.63) is 59.7 Å². The maximum Gasteiger partial charge on any atom is 0.471 e. The highest BCUT2D eigenvalue weighted by molar-refractivity contribution is 6.04. The van der Waals surface area contributed by atoms with Gasteiger partial charge >= 0.3 is 18.1 Å². The summed E-state index contributed by atoms with van der Waals surface area (Å²) in [5, 5.41) is 4.36. The van der Waals surface area contributed by atoms with E-state index in [0.717, 1.165) is 0 Å². The van der Waals surface area contributed by atoms with E-state index in [1.165, 1.54) is 49.4 Å². The first-order valence-corrected chi connectivity index (χ1v) is 7.69. The molecule has 6 nitrogen and oxygen atoms in total. The molecule has 0 unspecified atom stereocenters. The number of hydrogen-bond acceptors (Lipinski definition) is 4. The fourth-order valence-corrected chi connectivity index (χ4v) is 2.06. The van der Waals surface area contributed by atoms with Gasteiger partial charge in [-0.2, -0.15) is 13.2 Å². The van der Waals surface area contributed by atoms with Crippen LogP contribution in [-0.4, -0.2) is 24.0 Å². The van der Waals surface area contributed by atoms with Gasteiger partial charge in [0.2, 0.25) is 0 Å². The highest BCUT2D eigenvalue weighted by Gasteiger charge is 2.38. The minimum absolute atomic E-state index is 0.228. The van der Waals surface area contributed by atoms with Crippen molar-refractivity contribution in [1.82, 2.24) is 5.32 Å². The van der Waals surface area contributed by atoms with Gasteiger partial charge in [0, 0.05) is 24.7 Å². The number of carbonyl (C=O) groups is 3. The van der Waals surface area contributed by atoms with Gasteiger partial charge in [0.1, 0.15) is 5.75 Å². The lowest BCUT2D eigenvalue weighted by Gasteiger charge is -2.09. The van der Waals surface area contributed by atoms with Crippen molar-refractivity contribution < 1.29 is 32.3 Å². The Morgan fingerprint density at radius 1 is 1.04 bits per heavy atom. The number of nitrogens with one attached hydrogen (secondary N) is 2. The van der Waals surface area contributed by atoms with Gasteiger partial charge in [0.05, 0.1) is 0 Å². The first kappa shape index (κ1) is 20.0. The maximum absolute atomic E-state index is 12.2. The second-order valence-electron chi connectivity index (χ2n) is 5.45. The first-order chi connectivity index (χ1) is 12.6. The average Bonchev–Trinajstić information content (AvgIpc) is 2.59. The Hall–Kier alpha value is -3.36.